The van der Waals surface area contributed by atoms with E-state index < -0.39 is 9.84 Å². The van der Waals surface area contributed by atoms with E-state index in [2.05, 4.69) is 15.9 Å². The molecule has 1 aliphatic carbocycles. The molecule has 1 saturated carbocycles. The maximum Gasteiger partial charge on any atom is 0.153 e. The number of rotatable bonds is 2. The number of sulfone groups is 1. The Morgan fingerprint density at radius 3 is 2.00 bits per heavy atom. The third-order valence-corrected chi connectivity index (χ3v) is 5.41. The highest BCUT2D eigenvalue weighted by molar-refractivity contribution is 9.09. The Kier molecular flexibility index (Phi) is 1.64. The van der Waals surface area contributed by atoms with E-state index in [1.165, 1.54) is 6.26 Å². The minimum atomic E-state index is -2.79. The van der Waals surface area contributed by atoms with E-state index in [4.69, 9.17) is 0 Å². The van der Waals surface area contributed by atoms with Crippen molar-refractivity contribution < 1.29 is 8.42 Å². The van der Waals surface area contributed by atoms with Crippen molar-refractivity contribution in [1.82, 2.24) is 0 Å². The van der Waals surface area contributed by atoms with Gasteiger partial charge in [-0.3, -0.25) is 0 Å². The Bertz CT molecular complexity index is 203. The minimum Gasteiger partial charge on any atom is -0.229 e. The topological polar surface area (TPSA) is 34.1 Å². The highest BCUT2D eigenvalue weighted by Gasteiger charge is 2.50. The van der Waals surface area contributed by atoms with Crippen LogP contribution in [0.5, 0.6) is 0 Å². The van der Waals surface area contributed by atoms with Crippen LogP contribution in [-0.4, -0.2) is 24.8 Å². The lowest BCUT2D eigenvalue weighted by atomic mass is 10.5. The summed E-state index contributed by atoms with van der Waals surface area (Å²) >= 11 is 3.19. The van der Waals surface area contributed by atoms with Crippen LogP contribution in [-0.2, 0) is 9.84 Å². The van der Waals surface area contributed by atoms with Gasteiger partial charge in [0.05, 0.1) is 4.75 Å². The van der Waals surface area contributed by atoms with Crippen LogP contribution in [0.2, 0.25) is 0 Å². The second-order valence-electron chi connectivity index (χ2n) is 2.59. The van der Waals surface area contributed by atoms with Gasteiger partial charge in [-0.05, 0) is 12.8 Å². The zero-order valence-electron chi connectivity index (χ0n) is 5.22. The van der Waals surface area contributed by atoms with Crippen molar-refractivity contribution in [3.8, 4) is 0 Å². The molecule has 0 bridgehead atoms. The molecular formula is C5H9BrO2S. The lowest BCUT2D eigenvalue weighted by Gasteiger charge is -2.06. The molecule has 1 fully saturated rings. The Hall–Kier alpha value is 0.430. The molecule has 0 spiro atoms. The fourth-order valence-corrected chi connectivity index (χ4v) is 3.59. The van der Waals surface area contributed by atoms with Gasteiger partial charge in [0.15, 0.2) is 9.84 Å². The van der Waals surface area contributed by atoms with Crippen molar-refractivity contribution in [1.29, 1.82) is 0 Å². The molecule has 9 heavy (non-hydrogen) atoms. The summed E-state index contributed by atoms with van der Waals surface area (Å²) in [7, 11) is -2.79. The van der Waals surface area contributed by atoms with E-state index in [1.54, 1.807) is 0 Å². The monoisotopic (exact) mass is 212 g/mol. The molecule has 0 N–H and O–H groups in total. The van der Waals surface area contributed by atoms with Crippen molar-refractivity contribution in [3.63, 3.8) is 0 Å². The van der Waals surface area contributed by atoms with Gasteiger partial charge >= 0.3 is 0 Å². The second-order valence-corrected chi connectivity index (χ2v) is 5.56. The van der Waals surface area contributed by atoms with Crippen molar-refractivity contribution in [2.75, 3.05) is 11.6 Å². The summed E-state index contributed by atoms with van der Waals surface area (Å²) in [5.41, 5.74) is 0. The van der Waals surface area contributed by atoms with E-state index in [9.17, 15) is 8.42 Å². The molecule has 0 aromatic carbocycles. The van der Waals surface area contributed by atoms with Gasteiger partial charge in [-0.1, -0.05) is 15.9 Å². The van der Waals surface area contributed by atoms with Crippen LogP contribution in [0.3, 0.4) is 0 Å². The molecule has 0 radical (unpaired) electrons. The van der Waals surface area contributed by atoms with E-state index in [0.717, 1.165) is 12.8 Å². The van der Waals surface area contributed by atoms with Crippen LogP contribution in [0.1, 0.15) is 12.8 Å². The van der Waals surface area contributed by atoms with Crippen molar-refractivity contribution in [2.45, 2.75) is 17.6 Å². The number of alkyl halides is 1. The average Bonchev–Trinajstić information content (AvgIpc) is 2.40. The summed E-state index contributed by atoms with van der Waals surface area (Å²) < 4.78 is 21.5. The highest BCUT2D eigenvalue weighted by Crippen LogP contribution is 2.44. The summed E-state index contributed by atoms with van der Waals surface area (Å²) in [5, 5.41) is 0.596. The zero-order chi connectivity index (χ0) is 7.12. The molecule has 0 atom stereocenters. The van der Waals surface area contributed by atoms with E-state index in [0.29, 0.717) is 5.33 Å². The summed E-state index contributed by atoms with van der Waals surface area (Å²) in [6, 6.07) is 0. The van der Waals surface area contributed by atoms with Crippen molar-refractivity contribution >= 4 is 25.8 Å². The van der Waals surface area contributed by atoms with Gasteiger partial charge in [0.1, 0.15) is 0 Å². The molecule has 0 aromatic heterocycles. The largest absolute Gasteiger partial charge is 0.229 e. The van der Waals surface area contributed by atoms with Gasteiger partial charge in [-0.2, -0.15) is 0 Å². The van der Waals surface area contributed by atoms with Crippen LogP contribution in [0.25, 0.3) is 0 Å². The SMILES string of the molecule is CS(=O)(=O)C1(CBr)CC1. The Labute approximate surface area is 63.7 Å². The van der Waals surface area contributed by atoms with Gasteiger partial charge in [0.2, 0.25) is 0 Å². The molecule has 0 unspecified atom stereocenters. The van der Waals surface area contributed by atoms with Crippen molar-refractivity contribution in [2.24, 2.45) is 0 Å². The predicted octanol–water partition coefficient (Wildman–Crippen LogP) is 0.959. The number of hydrogen-bond donors (Lipinski definition) is 0. The van der Waals surface area contributed by atoms with E-state index >= 15 is 0 Å². The molecular weight excluding hydrogens is 204 g/mol. The summed E-state index contributed by atoms with van der Waals surface area (Å²) in [6.45, 7) is 0. The van der Waals surface area contributed by atoms with Gasteiger partial charge in [0, 0.05) is 11.6 Å². The fourth-order valence-electron chi connectivity index (χ4n) is 0.743. The third-order valence-electron chi connectivity index (χ3n) is 1.84. The molecule has 1 aliphatic rings. The van der Waals surface area contributed by atoms with Crippen LogP contribution in [0.4, 0.5) is 0 Å². The molecule has 0 saturated heterocycles. The lowest BCUT2D eigenvalue weighted by Crippen LogP contribution is -2.22. The predicted molar refractivity (Wildman–Crippen MR) is 40.6 cm³/mol. The molecule has 0 heterocycles. The number of hydrogen-bond acceptors (Lipinski definition) is 2. The lowest BCUT2D eigenvalue weighted by molar-refractivity contribution is 0.589. The summed E-state index contributed by atoms with van der Waals surface area (Å²) in [6.07, 6.45) is 2.97. The zero-order valence-corrected chi connectivity index (χ0v) is 7.63. The standard InChI is InChI=1S/C5H9BrO2S/c1-9(7,8)5(4-6)2-3-5/h2-4H2,1H3. The smallest absolute Gasteiger partial charge is 0.153 e. The van der Waals surface area contributed by atoms with E-state index in [-0.39, 0.29) is 4.75 Å². The van der Waals surface area contributed by atoms with Crippen LogP contribution in [0.15, 0.2) is 0 Å². The molecule has 0 aliphatic heterocycles. The molecule has 0 aromatic rings. The minimum absolute atomic E-state index is 0.382. The van der Waals surface area contributed by atoms with Crippen LogP contribution in [0, 0.1) is 0 Å². The van der Waals surface area contributed by atoms with Gasteiger partial charge in [-0.25, -0.2) is 8.42 Å². The van der Waals surface area contributed by atoms with Gasteiger partial charge < -0.3 is 0 Å². The first-order valence-electron chi connectivity index (χ1n) is 2.77. The average molecular weight is 213 g/mol. The molecule has 2 nitrogen and oxygen atoms in total. The Morgan fingerprint density at radius 1 is 1.56 bits per heavy atom. The van der Waals surface area contributed by atoms with Gasteiger partial charge in [-0.15, -0.1) is 0 Å². The first kappa shape index (κ1) is 7.54. The fraction of sp³-hybridized carbons (Fsp3) is 1.00. The molecule has 0 amide bonds. The summed E-state index contributed by atoms with van der Waals surface area (Å²) in [4.78, 5) is 0. The van der Waals surface area contributed by atoms with Crippen LogP contribution >= 0.6 is 15.9 Å². The maximum atomic E-state index is 10.9. The molecule has 4 heteroatoms. The third kappa shape index (κ3) is 1.15. The number of halogens is 1. The first-order chi connectivity index (χ1) is 4.02. The Balaban J connectivity index is 2.85. The van der Waals surface area contributed by atoms with Gasteiger partial charge in [0.25, 0.3) is 0 Å². The second kappa shape index (κ2) is 1.95. The normalized spacial score (nSPS) is 23.8. The first-order valence-corrected chi connectivity index (χ1v) is 5.79. The van der Waals surface area contributed by atoms with Crippen LogP contribution < -0.4 is 0 Å². The molecule has 54 valence electrons. The van der Waals surface area contributed by atoms with Crippen molar-refractivity contribution in [3.05, 3.63) is 0 Å². The van der Waals surface area contributed by atoms with E-state index in [1.807, 2.05) is 0 Å². The quantitative estimate of drug-likeness (QED) is 0.640. The maximum absolute atomic E-state index is 10.9. The highest BCUT2D eigenvalue weighted by atomic mass is 79.9. The Morgan fingerprint density at radius 2 is 2.00 bits per heavy atom. The summed E-state index contributed by atoms with van der Waals surface area (Å²) in [5.74, 6) is 0. The molecule has 1 rings (SSSR count).